The average molecular weight is 307 g/mol. The van der Waals surface area contributed by atoms with Gasteiger partial charge in [0, 0.05) is 4.88 Å². The van der Waals surface area contributed by atoms with Crippen molar-refractivity contribution in [2.24, 2.45) is 0 Å². The van der Waals surface area contributed by atoms with Crippen molar-refractivity contribution in [3.8, 4) is 0 Å². The van der Waals surface area contributed by atoms with Crippen LogP contribution in [0.5, 0.6) is 0 Å². The minimum absolute atomic E-state index is 0.201. The average Bonchev–Trinajstić information content (AvgIpc) is 3.08. The number of nitrogens with one attached hydrogen (secondary N) is 1. The van der Waals surface area contributed by atoms with Crippen molar-refractivity contribution < 1.29 is 8.42 Å². The second-order valence-electron chi connectivity index (χ2n) is 5.14. The molecule has 0 unspecified atom stereocenters. The molecule has 0 spiro atoms. The van der Waals surface area contributed by atoms with Gasteiger partial charge < -0.3 is 0 Å². The van der Waals surface area contributed by atoms with E-state index in [1.54, 1.807) is 17.4 Å². The molecular formula is C15H17NO2S2. The standard InChI is InChI=1S/C15H17NO2S2/c1-11(15-6-3-9-19-15)16-20(17,18)14-8-7-12-4-2-5-13(12)10-14/h3,6-11,16H,2,4-5H2,1H3/t11-/m0/s1. The first-order valence-electron chi connectivity index (χ1n) is 6.74. The van der Waals surface area contributed by atoms with E-state index in [-0.39, 0.29) is 6.04 Å². The topological polar surface area (TPSA) is 46.2 Å². The lowest BCUT2D eigenvalue weighted by molar-refractivity contribution is 0.568. The fourth-order valence-corrected chi connectivity index (χ4v) is 4.69. The number of fused-ring (bicyclic) bond motifs is 1. The van der Waals surface area contributed by atoms with Crippen LogP contribution in [0.15, 0.2) is 40.6 Å². The largest absolute Gasteiger partial charge is 0.241 e. The SMILES string of the molecule is C[C@H](NS(=O)(=O)c1ccc2c(c1)CCC2)c1cccs1. The summed E-state index contributed by atoms with van der Waals surface area (Å²) in [6, 6.07) is 9.17. The van der Waals surface area contributed by atoms with Crippen LogP contribution in [0.4, 0.5) is 0 Å². The Morgan fingerprint density at radius 3 is 2.75 bits per heavy atom. The number of aryl methyl sites for hydroxylation is 2. The molecule has 2 aromatic rings. The Labute approximate surface area is 123 Å². The van der Waals surface area contributed by atoms with E-state index in [0.717, 1.165) is 24.1 Å². The summed E-state index contributed by atoms with van der Waals surface area (Å²) in [5.74, 6) is 0. The van der Waals surface area contributed by atoms with Gasteiger partial charge in [-0.05, 0) is 60.9 Å². The molecule has 0 bridgehead atoms. The van der Waals surface area contributed by atoms with Crippen LogP contribution in [-0.4, -0.2) is 8.42 Å². The van der Waals surface area contributed by atoms with Gasteiger partial charge in [0.1, 0.15) is 0 Å². The molecule has 0 saturated heterocycles. The van der Waals surface area contributed by atoms with Gasteiger partial charge >= 0.3 is 0 Å². The van der Waals surface area contributed by atoms with Crippen molar-refractivity contribution in [1.29, 1.82) is 0 Å². The van der Waals surface area contributed by atoms with Crippen LogP contribution in [0.25, 0.3) is 0 Å². The number of thiophene rings is 1. The number of hydrogen-bond donors (Lipinski definition) is 1. The van der Waals surface area contributed by atoms with Crippen LogP contribution >= 0.6 is 11.3 Å². The Hall–Kier alpha value is -1.17. The van der Waals surface area contributed by atoms with E-state index >= 15 is 0 Å². The van der Waals surface area contributed by atoms with Crippen LogP contribution < -0.4 is 4.72 Å². The van der Waals surface area contributed by atoms with Gasteiger partial charge in [0.2, 0.25) is 10.0 Å². The van der Waals surface area contributed by atoms with Gasteiger partial charge in [0.05, 0.1) is 10.9 Å². The summed E-state index contributed by atoms with van der Waals surface area (Å²) in [5.41, 5.74) is 2.46. The molecule has 1 aliphatic rings. The maximum Gasteiger partial charge on any atom is 0.241 e. The predicted molar refractivity (Wildman–Crippen MR) is 81.5 cm³/mol. The molecule has 0 radical (unpaired) electrons. The molecular weight excluding hydrogens is 290 g/mol. The van der Waals surface area contributed by atoms with Gasteiger partial charge in [-0.25, -0.2) is 13.1 Å². The highest BCUT2D eigenvalue weighted by atomic mass is 32.2. The summed E-state index contributed by atoms with van der Waals surface area (Å²) in [6.45, 7) is 1.87. The summed E-state index contributed by atoms with van der Waals surface area (Å²) in [4.78, 5) is 1.40. The van der Waals surface area contributed by atoms with Crippen molar-refractivity contribution >= 4 is 21.4 Å². The highest BCUT2D eigenvalue weighted by molar-refractivity contribution is 7.89. The summed E-state index contributed by atoms with van der Waals surface area (Å²) in [7, 11) is -3.45. The smallest absolute Gasteiger partial charge is 0.207 e. The summed E-state index contributed by atoms with van der Waals surface area (Å²) in [6.07, 6.45) is 3.17. The molecule has 1 heterocycles. The minimum Gasteiger partial charge on any atom is -0.207 e. The minimum atomic E-state index is -3.45. The summed E-state index contributed by atoms with van der Waals surface area (Å²) >= 11 is 1.56. The Morgan fingerprint density at radius 2 is 2.00 bits per heavy atom. The fourth-order valence-electron chi connectivity index (χ4n) is 2.61. The van der Waals surface area contributed by atoms with Crippen molar-refractivity contribution in [2.75, 3.05) is 0 Å². The van der Waals surface area contributed by atoms with Crippen molar-refractivity contribution in [2.45, 2.75) is 37.1 Å². The second kappa shape index (κ2) is 5.31. The van der Waals surface area contributed by atoms with E-state index in [4.69, 9.17) is 0 Å². The van der Waals surface area contributed by atoms with E-state index in [1.807, 2.05) is 36.6 Å². The molecule has 5 heteroatoms. The van der Waals surface area contributed by atoms with Crippen molar-refractivity contribution in [1.82, 2.24) is 4.72 Å². The van der Waals surface area contributed by atoms with E-state index in [2.05, 4.69) is 4.72 Å². The van der Waals surface area contributed by atoms with E-state index in [1.165, 1.54) is 11.1 Å². The first-order valence-corrected chi connectivity index (χ1v) is 9.10. The third-order valence-corrected chi connectivity index (χ3v) is 6.28. The van der Waals surface area contributed by atoms with Crippen LogP contribution in [-0.2, 0) is 22.9 Å². The first kappa shape index (κ1) is 13.8. The molecule has 0 aliphatic heterocycles. The van der Waals surface area contributed by atoms with Crippen LogP contribution in [0.1, 0.15) is 35.4 Å². The lowest BCUT2D eigenvalue weighted by Gasteiger charge is -2.13. The van der Waals surface area contributed by atoms with Gasteiger partial charge in [-0.1, -0.05) is 12.1 Å². The maximum absolute atomic E-state index is 12.4. The Balaban J connectivity index is 1.85. The number of sulfonamides is 1. The summed E-state index contributed by atoms with van der Waals surface area (Å²) < 4.78 is 27.6. The maximum atomic E-state index is 12.4. The van der Waals surface area contributed by atoms with Crippen LogP contribution in [0.3, 0.4) is 0 Å². The van der Waals surface area contributed by atoms with Crippen LogP contribution in [0, 0.1) is 0 Å². The molecule has 20 heavy (non-hydrogen) atoms. The molecule has 3 rings (SSSR count). The Bertz CT molecular complexity index is 705. The summed E-state index contributed by atoms with van der Waals surface area (Å²) in [5, 5.41) is 1.95. The van der Waals surface area contributed by atoms with Gasteiger partial charge in [-0.2, -0.15) is 0 Å². The third-order valence-electron chi connectivity index (χ3n) is 3.68. The van der Waals surface area contributed by atoms with Crippen molar-refractivity contribution in [3.63, 3.8) is 0 Å². The molecule has 1 aromatic carbocycles. The number of benzene rings is 1. The third kappa shape index (κ3) is 2.66. The molecule has 1 N–H and O–H groups in total. The van der Waals surface area contributed by atoms with E-state index < -0.39 is 10.0 Å². The van der Waals surface area contributed by atoms with Crippen molar-refractivity contribution in [3.05, 3.63) is 51.7 Å². The Kier molecular flexibility index (Phi) is 3.67. The quantitative estimate of drug-likeness (QED) is 0.942. The zero-order chi connectivity index (χ0) is 14.2. The second-order valence-corrected chi connectivity index (χ2v) is 7.84. The molecule has 1 atom stereocenters. The highest BCUT2D eigenvalue weighted by Gasteiger charge is 2.21. The van der Waals surface area contributed by atoms with E-state index in [9.17, 15) is 8.42 Å². The zero-order valence-corrected chi connectivity index (χ0v) is 12.9. The highest BCUT2D eigenvalue weighted by Crippen LogP contribution is 2.26. The number of hydrogen-bond acceptors (Lipinski definition) is 3. The van der Waals surface area contributed by atoms with Crippen LogP contribution in [0.2, 0.25) is 0 Å². The molecule has 3 nitrogen and oxygen atoms in total. The fraction of sp³-hybridized carbons (Fsp3) is 0.333. The molecule has 1 aromatic heterocycles. The normalized spacial score (nSPS) is 16.1. The first-order chi connectivity index (χ1) is 9.56. The Morgan fingerprint density at radius 1 is 1.20 bits per heavy atom. The molecule has 1 aliphatic carbocycles. The zero-order valence-electron chi connectivity index (χ0n) is 11.3. The predicted octanol–water partition coefficient (Wildman–Crippen LogP) is 3.28. The van der Waals surface area contributed by atoms with E-state index in [0.29, 0.717) is 4.90 Å². The van der Waals surface area contributed by atoms with Gasteiger partial charge in [0.25, 0.3) is 0 Å². The van der Waals surface area contributed by atoms with Gasteiger partial charge in [-0.15, -0.1) is 11.3 Å². The molecule has 0 fully saturated rings. The lowest BCUT2D eigenvalue weighted by atomic mass is 10.1. The molecule has 0 saturated carbocycles. The lowest BCUT2D eigenvalue weighted by Crippen LogP contribution is -2.26. The number of rotatable bonds is 4. The van der Waals surface area contributed by atoms with Gasteiger partial charge in [-0.3, -0.25) is 0 Å². The molecule has 106 valence electrons. The monoisotopic (exact) mass is 307 g/mol. The molecule has 0 amide bonds. The van der Waals surface area contributed by atoms with Gasteiger partial charge in [0.15, 0.2) is 0 Å².